The number of piperidine rings is 1. The fourth-order valence-electron chi connectivity index (χ4n) is 4.21. The first-order valence-electron chi connectivity index (χ1n) is 9.37. The van der Waals surface area contributed by atoms with E-state index >= 15 is 0 Å². The Balaban J connectivity index is 1.48. The van der Waals surface area contributed by atoms with Crippen molar-refractivity contribution in [1.29, 1.82) is 0 Å². The minimum absolute atomic E-state index is 0.206. The van der Waals surface area contributed by atoms with Gasteiger partial charge in [0.1, 0.15) is 11.4 Å². The zero-order valence-electron chi connectivity index (χ0n) is 15.9. The van der Waals surface area contributed by atoms with Gasteiger partial charge < -0.3 is 14.4 Å². The highest BCUT2D eigenvalue weighted by Gasteiger charge is 2.46. The van der Waals surface area contributed by atoms with Crippen LogP contribution < -0.4 is 4.74 Å². The number of nitrogens with zero attached hydrogens (tertiary/aromatic N) is 4. The van der Waals surface area contributed by atoms with Crippen LogP contribution in [0.4, 0.5) is 4.79 Å². The van der Waals surface area contributed by atoms with E-state index < -0.39 is 0 Å². The third kappa shape index (κ3) is 3.78. The normalized spacial score (nSPS) is 23.0. The zero-order chi connectivity index (χ0) is 18.9. The van der Waals surface area contributed by atoms with E-state index in [4.69, 9.17) is 9.47 Å². The molecule has 0 aliphatic carbocycles. The molecule has 1 aromatic heterocycles. The molecule has 4 rings (SSSR count). The predicted octanol–water partition coefficient (Wildman–Crippen LogP) is 2.36. The van der Waals surface area contributed by atoms with Crippen molar-refractivity contribution < 1.29 is 14.3 Å². The molecule has 2 aliphatic rings. The lowest BCUT2D eigenvalue weighted by molar-refractivity contribution is -0.0113. The van der Waals surface area contributed by atoms with Crippen molar-refractivity contribution in [3.63, 3.8) is 0 Å². The van der Waals surface area contributed by atoms with E-state index in [1.807, 2.05) is 23.0 Å². The highest BCUT2D eigenvalue weighted by Crippen LogP contribution is 2.32. The average Bonchev–Trinajstić information content (AvgIpc) is 3.24. The standard InChI is InChI=1S/C20H26N4O3/c1-22-14-20(27-19(22)25)7-3-9-23(15-20)12-16-5-6-18(26-2)17(11-16)13-24-10-4-8-21-24/h4-6,8,10-11H,3,7,9,12-15H2,1-2H3/t20-/m0/s1. The molecule has 0 radical (unpaired) electrons. The van der Waals surface area contributed by atoms with Crippen molar-refractivity contribution in [2.75, 3.05) is 33.8 Å². The van der Waals surface area contributed by atoms with Crippen LogP contribution in [-0.2, 0) is 17.8 Å². The highest BCUT2D eigenvalue weighted by atomic mass is 16.6. The maximum atomic E-state index is 11.8. The summed E-state index contributed by atoms with van der Waals surface area (Å²) in [5, 5.41) is 4.29. The van der Waals surface area contributed by atoms with Gasteiger partial charge in [-0.2, -0.15) is 5.10 Å². The van der Waals surface area contributed by atoms with Crippen LogP contribution in [0.5, 0.6) is 5.75 Å². The second kappa shape index (κ2) is 7.23. The Labute approximate surface area is 159 Å². The summed E-state index contributed by atoms with van der Waals surface area (Å²) in [5.74, 6) is 0.871. The number of benzene rings is 1. The number of ether oxygens (including phenoxy) is 2. The van der Waals surface area contributed by atoms with Crippen LogP contribution in [0.15, 0.2) is 36.7 Å². The summed E-state index contributed by atoms with van der Waals surface area (Å²) in [7, 11) is 3.50. The van der Waals surface area contributed by atoms with Gasteiger partial charge in [-0.25, -0.2) is 4.79 Å². The predicted molar refractivity (Wildman–Crippen MR) is 101 cm³/mol. The van der Waals surface area contributed by atoms with E-state index in [0.29, 0.717) is 13.1 Å². The van der Waals surface area contributed by atoms with Gasteiger partial charge in [0.2, 0.25) is 0 Å². The number of carbonyl (C=O) groups excluding carboxylic acids is 1. The molecule has 2 saturated heterocycles. The number of aromatic nitrogens is 2. The Hall–Kier alpha value is -2.54. The van der Waals surface area contributed by atoms with Crippen LogP contribution in [-0.4, -0.2) is 65.1 Å². The van der Waals surface area contributed by atoms with Crippen molar-refractivity contribution in [2.45, 2.75) is 31.5 Å². The van der Waals surface area contributed by atoms with Gasteiger partial charge in [-0.15, -0.1) is 0 Å². The number of likely N-dealkylation sites (tertiary alicyclic amines) is 1. The molecule has 0 unspecified atom stereocenters. The minimum Gasteiger partial charge on any atom is -0.496 e. The summed E-state index contributed by atoms with van der Waals surface area (Å²) >= 11 is 0. The SMILES string of the molecule is COc1ccc(CN2CCC[C@@]3(C2)CN(C)C(=O)O3)cc1Cn1cccn1. The van der Waals surface area contributed by atoms with Crippen molar-refractivity contribution in [1.82, 2.24) is 19.6 Å². The van der Waals surface area contributed by atoms with Crippen molar-refractivity contribution in [3.05, 3.63) is 47.8 Å². The number of amides is 1. The third-order valence-corrected chi connectivity index (χ3v) is 5.40. The molecule has 1 spiro atoms. The quantitative estimate of drug-likeness (QED) is 0.809. The largest absolute Gasteiger partial charge is 0.496 e. The zero-order valence-corrected chi connectivity index (χ0v) is 15.9. The van der Waals surface area contributed by atoms with E-state index in [2.05, 4.69) is 22.1 Å². The fourth-order valence-corrected chi connectivity index (χ4v) is 4.21. The number of likely N-dealkylation sites (N-methyl/N-ethyl adjacent to an activating group) is 1. The van der Waals surface area contributed by atoms with Crippen molar-refractivity contribution >= 4 is 6.09 Å². The monoisotopic (exact) mass is 370 g/mol. The second-order valence-corrected chi connectivity index (χ2v) is 7.57. The number of hydrogen-bond donors (Lipinski definition) is 0. The van der Waals surface area contributed by atoms with E-state index in [-0.39, 0.29) is 11.7 Å². The topological polar surface area (TPSA) is 59.8 Å². The van der Waals surface area contributed by atoms with E-state index in [9.17, 15) is 4.79 Å². The Morgan fingerprint density at radius 1 is 1.30 bits per heavy atom. The summed E-state index contributed by atoms with van der Waals surface area (Å²) in [6.45, 7) is 3.98. The number of hydrogen-bond acceptors (Lipinski definition) is 5. The molecule has 2 fully saturated rings. The average molecular weight is 370 g/mol. The molecule has 7 heteroatoms. The minimum atomic E-state index is -0.353. The summed E-state index contributed by atoms with van der Waals surface area (Å²) in [6, 6.07) is 8.24. The molecular formula is C20H26N4O3. The lowest BCUT2D eigenvalue weighted by atomic mass is 9.92. The third-order valence-electron chi connectivity index (χ3n) is 5.40. The first-order chi connectivity index (χ1) is 13.1. The molecule has 3 heterocycles. The summed E-state index contributed by atoms with van der Waals surface area (Å²) < 4.78 is 13.1. The lowest BCUT2D eigenvalue weighted by Crippen LogP contribution is -2.50. The molecular weight excluding hydrogens is 344 g/mol. The number of methoxy groups -OCH3 is 1. The summed E-state index contributed by atoms with van der Waals surface area (Å²) in [4.78, 5) is 15.9. The van der Waals surface area contributed by atoms with Crippen LogP contribution in [0.25, 0.3) is 0 Å². The number of carbonyl (C=O) groups is 1. The molecule has 27 heavy (non-hydrogen) atoms. The molecule has 0 bridgehead atoms. The van der Waals surface area contributed by atoms with Gasteiger partial charge in [-0.05, 0) is 43.1 Å². The van der Waals surface area contributed by atoms with Crippen LogP contribution >= 0.6 is 0 Å². The molecule has 2 aromatic rings. The maximum absolute atomic E-state index is 11.8. The molecule has 2 aliphatic heterocycles. The Morgan fingerprint density at radius 2 is 2.19 bits per heavy atom. The van der Waals surface area contributed by atoms with Crippen molar-refractivity contribution in [2.24, 2.45) is 0 Å². The maximum Gasteiger partial charge on any atom is 0.410 e. The van der Waals surface area contributed by atoms with Crippen LogP contribution in [0.2, 0.25) is 0 Å². The van der Waals surface area contributed by atoms with Crippen LogP contribution in [0, 0.1) is 0 Å². The highest BCUT2D eigenvalue weighted by molar-refractivity contribution is 5.70. The van der Waals surface area contributed by atoms with Gasteiger partial charge in [0.05, 0.1) is 20.2 Å². The van der Waals surface area contributed by atoms with E-state index in [1.165, 1.54) is 5.56 Å². The molecule has 1 aromatic carbocycles. The van der Waals surface area contributed by atoms with Gasteiger partial charge >= 0.3 is 6.09 Å². The van der Waals surface area contributed by atoms with Crippen LogP contribution in [0.1, 0.15) is 24.0 Å². The van der Waals surface area contributed by atoms with Gasteiger partial charge in [0.25, 0.3) is 0 Å². The lowest BCUT2D eigenvalue weighted by Gasteiger charge is -2.38. The Kier molecular flexibility index (Phi) is 4.78. The van der Waals surface area contributed by atoms with E-state index in [1.54, 1.807) is 25.3 Å². The summed E-state index contributed by atoms with van der Waals surface area (Å²) in [5.41, 5.74) is 1.99. The van der Waals surface area contributed by atoms with Crippen molar-refractivity contribution in [3.8, 4) is 5.75 Å². The van der Waals surface area contributed by atoms with Crippen LogP contribution in [0.3, 0.4) is 0 Å². The molecule has 1 atom stereocenters. The fraction of sp³-hybridized carbons (Fsp3) is 0.500. The molecule has 144 valence electrons. The molecule has 0 N–H and O–H groups in total. The number of rotatable bonds is 5. The van der Waals surface area contributed by atoms with Gasteiger partial charge in [-0.1, -0.05) is 6.07 Å². The first-order valence-corrected chi connectivity index (χ1v) is 9.37. The molecule has 7 nitrogen and oxygen atoms in total. The second-order valence-electron chi connectivity index (χ2n) is 7.57. The van der Waals surface area contributed by atoms with E-state index in [0.717, 1.165) is 43.8 Å². The molecule has 0 saturated carbocycles. The van der Waals surface area contributed by atoms with Gasteiger partial charge in [-0.3, -0.25) is 9.58 Å². The summed E-state index contributed by atoms with van der Waals surface area (Å²) in [6.07, 6.45) is 5.50. The first kappa shape index (κ1) is 17.9. The smallest absolute Gasteiger partial charge is 0.410 e. The Bertz CT molecular complexity index is 808. The Morgan fingerprint density at radius 3 is 2.89 bits per heavy atom. The van der Waals surface area contributed by atoms with Gasteiger partial charge in [0, 0.05) is 38.1 Å². The molecule has 1 amide bonds. The van der Waals surface area contributed by atoms with Gasteiger partial charge in [0.15, 0.2) is 0 Å².